The molecule has 0 spiro atoms. The minimum atomic E-state index is -3.08. The second-order valence-corrected chi connectivity index (χ2v) is 8.37. The van der Waals surface area contributed by atoms with E-state index in [-0.39, 0.29) is 5.75 Å². The quantitative estimate of drug-likeness (QED) is 0.847. The lowest BCUT2D eigenvalue weighted by Gasteiger charge is -2.31. The lowest BCUT2D eigenvalue weighted by molar-refractivity contribution is 0.419. The van der Waals surface area contributed by atoms with Crippen LogP contribution in [0.3, 0.4) is 0 Å². The zero-order valence-electron chi connectivity index (χ0n) is 12.2. The van der Waals surface area contributed by atoms with Crippen LogP contribution >= 0.6 is 0 Å². The van der Waals surface area contributed by atoms with Crippen molar-refractivity contribution in [3.8, 4) is 0 Å². The first-order valence-electron chi connectivity index (χ1n) is 7.69. The van der Waals surface area contributed by atoms with E-state index in [1.54, 1.807) is 0 Å². The Kier molecular flexibility index (Phi) is 4.17. The summed E-state index contributed by atoms with van der Waals surface area (Å²) in [4.78, 5) is 6.57. The predicted molar refractivity (Wildman–Crippen MR) is 80.8 cm³/mol. The highest BCUT2D eigenvalue weighted by molar-refractivity contribution is 7.91. The normalized spacial score (nSPS) is 29.5. The number of piperidine rings is 1. The van der Waals surface area contributed by atoms with Gasteiger partial charge in [0.25, 0.3) is 0 Å². The van der Waals surface area contributed by atoms with Crippen LogP contribution < -0.4 is 10.6 Å². The Bertz CT molecular complexity index is 585. The molecule has 2 aliphatic rings. The van der Waals surface area contributed by atoms with Crippen LogP contribution in [0, 0.1) is 5.92 Å². The standard InChI is InChI=1S/C13H23N5O2S/c14-8-10-4-3-6-18(9-10)13-15-12(16-17-13)11-5-1-2-7-21(11,19)20/h10-11H,1-9,14H2,(H,15,16,17). The van der Waals surface area contributed by atoms with Gasteiger partial charge in [0.1, 0.15) is 11.1 Å². The number of sulfone groups is 1. The van der Waals surface area contributed by atoms with Crippen molar-refractivity contribution in [2.24, 2.45) is 11.7 Å². The fourth-order valence-electron chi connectivity index (χ4n) is 3.25. The van der Waals surface area contributed by atoms with E-state index in [2.05, 4.69) is 20.1 Å². The third-order valence-corrected chi connectivity index (χ3v) is 6.69. The minimum absolute atomic E-state index is 0.257. The van der Waals surface area contributed by atoms with Crippen molar-refractivity contribution in [2.75, 3.05) is 30.3 Å². The molecule has 1 aromatic rings. The van der Waals surface area contributed by atoms with Gasteiger partial charge >= 0.3 is 0 Å². The van der Waals surface area contributed by atoms with E-state index in [0.29, 0.717) is 30.7 Å². The van der Waals surface area contributed by atoms with Gasteiger partial charge in [-0.3, -0.25) is 5.10 Å². The average molecular weight is 313 g/mol. The van der Waals surface area contributed by atoms with Crippen molar-refractivity contribution in [3.63, 3.8) is 0 Å². The second-order valence-electron chi connectivity index (χ2n) is 6.06. The Morgan fingerprint density at radius 2 is 2.14 bits per heavy atom. The van der Waals surface area contributed by atoms with E-state index in [1.165, 1.54) is 0 Å². The lowest BCUT2D eigenvalue weighted by atomic mass is 9.99. The van der Waals surface area contributed by atoms with Gasteiger partial charge in [0, 0.05) is 13.1 Å². The molecule has 2 atom stereocenters. The third-order valence-electron chi connectivity index (χ3n) is 4.51. The summed E-state index contributed by atoms with van der Waals surface area (Å²) in [5.41, 5.74) is 5.75. The summed E-state index contributed by atoms with van der Waals surface area (Å²) in [5.74, 6) is 1.84. The number of nitrogens with one attached hydrogen (secondary N) is 1. The Morgan fingerprint density at radius 3 is 2.90 bits per heavy atom. The van der Waals surface area contributed by atoms with Gasteiger partial charge in [0.2, 0.25) is 5.95 Å². The van der Waals surface area contributed by atoms with Crippen molar-refractivity contribution in [3.05, 3.63) is 5.82 Å². The molecule has 0 amide bonds. The number of H-pyrrole nitrogens is 1. The van der Waals surface area contributed by atoms with Crippen molar-refractivity contribution >= 4 is 15.8 Å². The SMILES string of the molecule is NCC1CCCN(c2n[nH]c(C3CCCCS3(=O)=O)n2)C1. The highest BCUT2D eigenvalue weighted by Crippen LogP contribution is 2.32. The van der Waals surface area contributed by atoms with Crippen molar-refractivity contribution in [1.29, 1.82) is 0 Å². The average Bonchev–Trinajstić information content (AvgIpc) is 2.96. The molecular weight excluding hydrogens is 290 g/mol. The molecule has 0 bridgehead atoms. The molecule has 2 fully saturated rings. The fraction of sp³-hybridized carbons (Fsp3) is 0.846. The fourth-order valence-corrected chi connectivity index (χ4v) is 5.11. The van der Waals surface area contributed by atoms with Gasteiger partial charge in [0.15, 0.2) is 9.84 Å². The number of hydrogen-bond donors (Lipinski definition) is 2. The smallest absolute Gasteiger partial charge is 0.244 e. The molecule has 118 valence electrons. The highest BCUT2D eigenvalue weighted by atomic mass is 32.2. The van der Waals surface area contributed by atoms with Gasteiger partial charge in [-0.15, -0.1) is 5.10 Å². The topological polar surface area (TPSA) is 105 Å². The highest BCUT2D eigenvalue weighted by Gasteiger charge is 2.33. The molecule has 0 aromatic carbocycles. The molecule has 3 heterocycles. The van der Waals surface area contributed by atoms with E-state index in [0.717, 1.165) is 38.8 Å². The Hall–Kier alpha value is -1.15. The van der Waals surface area contributed by atoms with Crippen molar-refractivity contribution in [1.82, 2.24) is 15.2 Å². The molecule has 3 N–H and O–H groups in total. The Labute approximate surface area is 125 Å². The molecule has 2 saturated heterocycles. The van der Waals surface area contributed by atoms with Crippen LogP contribution in [-0.4, -0.2) is 49.0 Å². The van der Waals surface area contributed by atoms with Gasteiger partial charge in [-0.05, 0) is 38.1 Å². The number of nitrogens with two attached hydrogens (primary N) is 1. The van der Waals surface area contributed by atoms with Crippen LogP contribution in [0.1, 0.15) is 43.2 Å². The summed E-state index contributed by atoms with van der Waals surface area (Å²) >= 11 is 0. The summed E-state index contributed by atoms with van der Waals surface area (Å²) in [6, 6.07) is 0. The molecule has 2 aliphatic heterocycles. The summed E-state index contributed by atoms with van der Waals surface area (Å²) in [5, 5.41) is 6.57. The number of aromatic amines is 1. The summed E-state index contributed by atoms with van der Waals surface area (Å²) in [6.45, 7) is 2.43. The van der Waals surface area contributed by atoms with Crippen molar-refractivity contribution < 1.29 is 8.42 Å². The molecule has 7 nitrogen and oxygen atoms in total. The first-order chi connectivity index (χ1) is 10.1. The number of nitrogens with zero attached hydrogens (tertiary/aromatic N) is 3. The van der Waals surface area contributed by atoms with E-state index in [9.17, 15) is 8.42 Å². The van der Waals surface area contributed by atoms with E-state index in [4.69, 9.17) is 5.73 Å². The molecular formula is C13H23N5O2S. The third kappa shape index (κ3) is 3.06. The Balaban J connectivity index is 1.77. The maximum atomic E-state index is 12.1. The molecule has 1 aromatic heterocycles. The lowest BCUT2D eigenvalue weighted by Crippen LogP contribution is -2.39. The zero-order chi connectivity index (χ0) is 14.9. The monoisotopic (exact) mass is 313 g/mol. The summed E-state index contributed by atoms with van der Waals surface area (Å²) in [6.07, 6.45) is 4.54. The van der Waals surface area contributed by atoms with Crippen molar-refractivity contribution in [2.45, 2.75) is 37.4 Å². The van der Waals surface area contributed by atoms with Crippen LogP contribution in [0.5, 0.6) is 0 Å². The minimum Gasteiger partial charge on any atom is -0.339 e. The predicted octanol–water partition coefficient (Wildman–Crippen LogP) is 0.620. The molecule has 0 radical (unpaired) electrons. The van der Waals surface area contributed by atoms with Gasteiger partial charge in [0.05, 0.1) is 5.75 Å². The van der Waals surface area contributed by atoms with Crippen LogP contribution in [0.15, 0.2) is 0 Å². The number of anilines is 1. The van der Waals surface area contributed by atoms with Crippen LogP contribution in [0.4, 0.5) is 5.95 Å². The second kappa shape index (κ2) is 5.92. The first-order valence-corrected chi connectivity index (χ1v) is 9.40. The van der Waals surface area contributed by atoms with Gasteiger partial charge < -0.3 is 10.6 Å². The van der Waals surface area contributed by atoms with E-state index < -0.39 is 15.1 Å². The van der Waals surface area contributed by atoms with Crippen LogP contribution in [-0.2, 0) is 9.84 Å². The number of rotatable bonds is 3. The van der Waals surface area contributed by atoms with Gasteiger partial charge in [-0.1, -0.05) is 6.42 Å². The zero-order valence-corrected chi connectivity index (χ0v) is 13.0. The summed E-state index contributed by atoms with van der Waals surface area (Å²) < 4.78 is 24.3. The maximum absolute atomic E-state index is 12.1. The maximum Gasteiger partial charge on any atom is 0.244 e. The number of aromatic nitrogens is 3. The molecule has 3 rings (SSSR count). The number of hydrogen-bond acceptors (Lipinski definition) is 6. The molecule has 2 unspecified atom stereocenters. The van der Waals surface area contributed by atoms with E-state index in [1.807, 2.05) is 0 Å². The molecule has 8 heteroatoms. The van der Waals surface area contributed by atoms with Crippen LogP contribution in [0.2, 0.25) is 0 Å². The summed E-state index contributed by atoms with van der Waals surface area (Å²) in [7, 11) is -3.08. The molecule has 0 saturated carbocycles. The molecule has 21 heavy (non-hydrogen) atoms. The van der Waals surface area contributed by atoms with Gasteiger partial charge in [-0.25, -0.2) is 8.42 Å². The first kappa shape index (κ1) is 14.8. The molecule has 0 aliphatic carbocycles. The van der Waals surface area contributed by atoms with Gasteiger partial charge in [-0.2, -0.15) is 4.98 Å². The van der Waals surface area contributed by atoms with Crippen LogP contribution in [0.25, 0.3) is 0 Å². The van der Waals surface area contributed by atoms with E-state index >= 15 is 0 Å². The largest absolute Gasteiger partial charge is 0.339 e. The Morgan fingerprint density at radius 1 is 1.29 bits per heavy atom.